The summed E-state index contributed by atoms with van der Waals surface area (Å²) in [5, 5.41) is 0. The Bertz CT molecular complexity index is 601. The quantitative estimate of drug-likeness (QED) is 0.737. The number of Topliss-reactive ketones (excluding diaryl/α,β-unsaturated/α-hetero) is 1. The summed E-state index contributed by atoms with van der Waals surface area (Å²) in [6, 6.07) is 16.2. The molecule has 2 nitrogen and oxygen atoms in total. The number of nitrogens with zero attached hydrogens (tertiary/aromatic N) is 1. The summed E-state index contributed by atoms with van der Waals surface area (Å²) in [6.07, 6.45) is 0.999. The van der Waals surface area contributed by atoms with Gasteiger partial charge in [0.05, 0.1) is 6.54 Å². The van der Waals surface area contributed by atoms with Crippen molar-refractivity contribution in [3.05, 3.63) is 65.2 Å². The number of carbonyl (C=O) groups is 1. The normalized spacial score (nSPS) is 10.4. The molecule has 0 bridgehead atoms. The van der Waals surface area contributed by atoms with Crippen molar-refractivity contribution in [2.75, 3.05) is 18.0 Å². The highest BCUT2D eigenvalue weighted by atomic mass is 16.1. The molecule has 0 radical (unpaired) electrons. The number of likely N-dealkylation sites (N-methyl/N-ethyl adjacent to an activating group) is 1. The highest BCUT2D eigenvalue weighted by Crippen LogP contribution is 2.19. The van der Waals surface area contributed by atoms with Gasteiger partial charge in [0.25, 0.3) is 0 Å². The lowest BCUT2D eigenvalue weighted by atomic mass is 10.1. The molecule has 110 valence electrons. The van der Waals surface area contributed by atoms with Crippen LogP contribution in [0.2, 0.25) is 0 Å². The topological polar surface area (TPSA) is 20.3 Å². The number of aryl methyl sites for hydroxylation is 2. The molecular weight excluding hydrogens is 258 g/mol. The summed E-state index contributed by atoms with van der Waals surface area (Å²) >= 11 is 0. The number of ketones is 1. The molecule has 0 fully saturated rings. The van der Waals surface area contributed by atoms with E-state index in [0.29, 0.717) is 6.54 Å². The molecule has 0 unspecified atom stereocenters. The van der Waals surface area contributed by atoms with Gasteiger partial charge in [-0.1, -0.05) is 49.4 Å². The first-order chi connectivity index (χ1) is 10.2. The van der Waals surface area contributed by atoms with Gasteiger partial charge in [-0.05, 0) is 37.5 Å². The van der Waals surface area contributed by atoms with Crippen LogP contribution in [0.1, 0.15) is 35.3 Å². The summed E-state index contributed by atoms with van der Waals surface area (Å²) in [6.45, 7) is 7.53. The highest BCUT2D eigenvalue weighted by molar-refractivity contribution is 5.99. The molecule has 0 saturated carbocycles. The summed E-state index contributed by atoms with van der Waals surface area (Å²) in [5.41, 5.74) is 4.39. The minimum atomic E-state index is 0.169. The Labute approximate surface area is 127 Å². The zero-order chi connectivity index (χ0) is 15.2. The molecule has 0 amide bonds. The second-order valence-electron chi connectivity index (χ2n) is 5.27. The second-order valence-corrected chi connectivity index (χ2v) is 5.27. The number of rotatable bonds is 6. The predicted octanol–water partition coefficient (Wildman–Crippen LogP) is 4.27. The Hall–Kier alpha value is -2.09. The third-order valence-electron chi connectivity index (χ3n) is 3.86. The van der Waals surface area contributed by atoms with Crippen LogP contribution >= 0.6 is 0 Å². The van der Waals surface area contributed by atoms with Gasteiger partial charge in [-0.25, -0.2) is 0 Å². The first kappa shape index (κ1) is 15.3. The van der Waals surface area contributed by atoms with Crippen molar-refractivity contribution in [3.8, 4) is 0 Å². The average Bonchev–Trinajstić information content (AvgIpc) is 2.53. The molecule has 2 aromatic rings. The van der Waals surface area contributed by atoms with Crippen LogP contribution in [0.4, 0.5) is 5.69 Å². The minimum absolute atomic E-state index is 0.169. The number of benzene rings is 2. The highest BCUT2D eigenvalue weighted by Gasteiger charge is 2.13. The van der Waals surface area contributed by atoms with Crippen molar-refractivity contribution < 1.29 is 4.79 Å². The van der Waals surface area contributed by atoms with Crippen LogP contribution in [-0.2, 0) is 6.42 Å². The molecule has 2 heteroatoms. The first-order valence-electron chi connectivity index (χ1n) is 7.58. The zero-order valence-corrected chi connectivity index (χ0v) is 13.1. The molecule has 0 N–H and O–H groups in total. The number of hydrogen-bond acceptors (Lipinski definition) is 2. The van der Waals surface area contributed by atoms with Crippen molar-refractivity contribution in [3.63, 3.8) is 0 Å². The van der Waals surface area contributed by atoms with Gasteiger partial charge in [-0.15, -0.1) is 0 Å². The number of anilines is 1. The van der Waals surface area contributed by atoms with E-state index >= 15 is 0 Å². The van der Waals surface area contributed by atoms with Crippen LogP contribution in [0, 0.1) is 6.92 Å². The van der Waals surface area contributed by atoms with Crippen molar-refractivity contribution in [2.24, 2.45) is 0 Å². The number of hydrogen-bond donors (Lipinski definition) is 0. The molecule has 0 saturated heterocycles. The van der Waals surface area contributed by atoms with Gasteiger partial charge < -0.3 is 4.90 Å². The van der Waals surface area contributed by atoms with Crippen LogP contribution in [0.25, 0.3) is 0 Å². The number of para-hydroxylation sites is 1. The van der Waals surface area contributed by atoms with Crippen LogP contribution in [0.15, 0.2) is 48.5 Å². The Morgan fingerprint density at radius 3 is 2.24 bits per heavy atom. The Balaban J connectivity index is 2.14. The van der Waals surface area contributed by atoms with E-state index in [1.54, 1.807) is 0 Å². The fourth-order valence-corrected chi connectivity index (χ4v) is 2.48. The van der Waals surface area contributed by atoms with Gasteiger partial charge in [0.1, 0.15) is 0 Å². The van der Waals surface area contributed by atoms with E-state index in [2.05, 4.69) is 37.8 Å². The van der Waals surface area contributed by atoms with E-state index in [1.165, 1.54) is 11.1 Å². The van der Waals surface area contributed by atoms with Crippen molar-refractivity contribution in [1.82, 2.24) is 0 Å². The molecule has 2 rings (SSSR count). The molecule has 0 atom stereocenters. The molecule has 21 heavy (non-hydrogen) atoms. The monoisotopic (exact) mass is 281 g/mol. The standard InChI is InChI=1S/C19H23NO/c1-4-16-10-12-17(13-11-16)19(21)14-20(5-2)18-9-7-6-8-15(18)3/h6-13H,4-5,14H2,1-3H3. The first-order valence-corrected chi connectivity index (χ1v) is 7.58. The lowest BCUT2D eigenvalue weighted by molar-refractivity contribution is 0.0999. The third kappa shape index (κ3) is 3.72. The van der Waals surface area contributed by atoms with E-state index in [4.69, 9.17) is 0 Å². The predicted molar refractivity (Wildman–Crippen MR) is 89.2 cm³/mol. The van der Waals surface area contributed by atoms with Crippen molar-refractivity contribution in [2.45, 2.75) is 27.2 Å². The van der Waals surface area contributed by atoms with E-state index in [0.717, 1.165) is 24.2 Å². The second kappa shape index (κ2) is 7.07. The minimum Gasteiger partial charge on any atom is -0.364 e. The summed E-state index contributed by atoms with van der Waals surface area (Å²) in [4.78, 5) is 14.6. The van der Waals surface area contributed by atoms with E-state index < -0.39 is 0 Å². The molecule has 2 aromatic carbocycles. The van der Waals surface area contributed by atoms with E-state index in [-0.39, 0.29) is 5.78 Å². The molecule has 0 aliphatic heterocycles. The largest absolute Gasteiger partial charge is 0.364 e. The van der Waals surface area contributed by atoms with Gasteiger partial charge in [0.15, 0.2) is 5.78 Å². The maximum Gasteiger partial charge on any atom is 0.182 e. The molecule has 0 aliphatic rings. The van der Waals surface area contributed by atoms with E-state index in [1.807, 2.05) is 36.4 Å². The molecular formula is C19H23NO. The SMILES string of the molecule is CCc1ccc(C(=O)CN(CC)c2ccccc2C)cc1. The summed E-state index contributed by atoms with van der Waals surface area (Å²) in [5.74, 6) is 0.169. The van der Waals surface area contributed by atoms with Gasteiger partial charge in [-0.3, -0.25) is 4.79 Å². The fraction of sp³-hybridized carbons (Fsp3) is 0.316. The molecule has 0 aliphatic carbocycles. The lowest BCUT2D eigenvalue weighted by Crippen LogP contribution is -2.30. The van der Waals surface area contributed by atoms with Crippen LogP contribution in [0.3, 0.4) is 0 Å². The third-order valence-corrected chi connectivity index (χ3v) is 3.86. The maximum absolute atomic E-state index is 12.5. The maximum atomic E-state index is 12.5. The van der Waals surface area contributed by atoms with Gasteiger partial charge in [-0.2, -0.15) is 0 Å². The van der Waals surface area contributed by atoms with Crippen LogP contribution < -0.4 is 4.90 Å². The summed E-state index contributed by atoms with van der Waals surface area (Å²) in [7, 11) is 0. The number of carbonyl (C=O) groups excluding carboxylic acids is 1. The van der Waals surface area contributed by atoms with E-state index in [9.17, 15) is 4.79 Å². The smallest absolute Gasteiger partial charge is 0.182 e. The molecule has 0 heterocycles. The lowest BCUT2D eigenvalue weighted by Gasteiger charge is -2.24. The Morgan fingerprint density at radius 2 is 1.67 bits per heavy atom. The van der Waals surface area contributed by atoms with Crippen molar-refractivity contribution >= 4 is 11.5 Å². The fourth-order valence-electron chi connectivity index (χ4n) is 2.48. The van der Waals surface area contributed by atoms with Crippen LogP contribution in [0.5, 0.6) is 0 Å². The van der Waals surface area contributed by atoms with Gasteiger partial charge in [0, 0.05) is 17.8 Å². The molecule has 0 aromatic heterocycles. The average molecular weight is 281 g/mol. The summed E-state index contributed by atoms with van der Waals surface area (Å²) < 4.78 is 0. The van der Waals surface area contributed by atoms with Gasteiger partial charge >= 0.3 is 0 Å². The zero-order valence-electron chi connectivity index (χ0n) is 13.1. The Morgan fingerprint density at radius 1 is 1.00 bits per heavy atom. The van der Waals surface area contributed by atoms with Gasteiger partial charge in [0.2, 0.25) is 0 Å². The Kier molecular flexibility index (Phi) is 5.15. The van der Waals surface area contributed by atoms with Crippen molar-refractivity contribution in [1.29, 1.82) is 0 Å². The van der Waals surface area contributed by atoms with Crippen LogP contribution in [-0.4, -0.2) is 18.9 Å². The molecule has 0 spiro atoms.